The molecule has 5 nitrogen and oxygen atoms in total. The van der Waals surface area contributed by atoms with Gasteiger partial charge in [-0.15, -0.1) is 0 Å². The van der Waals surface area contributed by atoms with Gasteiger partial charge in [0.15, 0.2) is 0 Å². The molecule has 2 aromatic carbocycles. The highest BCUT2D eigenvalue weighted by Gasteiger charge is 2.41. The van der Waals surface area contributed by atoms with Gasteiger partial charge >= 0.3 is 6.09 Å². The average molecular weight is 359 g/mol. The summed E-state index contributed by atoms with van der Waals surface area (Å²) in [4.78, 5) is 11.3. The molecule has 0 aromatic heterocycles. The van der Waals surface area contributed by atoms with E-state index in [0.29, 0.717) is 29.2 Å². The summed E-state index contributed by atoms with van der Waals surface area (Å²) < 4.78 is 31.2. The fraction of sp³-hybridized carbons (Fsp3) is 0.350. The summed E-state index contributed by atoms with van der Waals surface area (Å²) in [6, 6.07) is 8.44. The molecule has 0 aliphatic carbocycles. The van der Waals surface area contributed by atoms with E-state index in [2.05, 4.69) is 0 Å². The van der Waals surface area contributed by atoms with Crippen molar-refractivity contribution in [2.24, 2.45) is 11.1 Å². The Balaban J connectivity index is 2.09. The topological polar surface area (TPSA) is 70.8 Å². The zero-order chi connectivity index (χ0) is 19.1. The molecule has 1 aliphatic heterocycles. The van der Waals surface area contributed by atoms with Crippen molar-refractivity contribution in [1.29, 1.82) is 0 Å². The predicted octanol–water partition coefficient (Wildman–Crippen LogP) is 4.36. The van der Waals surface area contributed by atoms with Crippen molar-refractivity contribution >= 4 is 6.09 Å². The number of benzene rings is 2. The second-order valence-electron chi connectivity index (χ2n) is 7.14. The Bertz CT molecular complexity index is 863. The SMILES string of the molecule is COc1ccc(-c2cc3c(cc2F)C(OC(N)=O)C(C)(C)CO3)c(C)c1. The van der Waals surface area contributed by atoms with E-state index in [1.807, 2.05) is 32.9 Å². The number of methoxy groups -OCH3 is 1. The number of rotatable bonds is 3. The number of nitrogens with two attached hydrogens (primary N) is 1. The fourth-order valence-electron chi connectivity index (χ4n) is 3.27. The van der Waals surface area contributed by atoms with Gasteiger partial charge < -0.3 is 19.9 Å². The number of carbonyl (C=O) groups is 1. The predicted molar refractivity (Wildman–Crippen MR) is 95.8 cm³/mol. The first kappa shape index (κ1) is 18.0. The van der Waals surface area contributed by atoms with Gasteiger partial charge in [0, 0.05) is 16.5 Å². The van der Waals surface area contributed by atoms with Gasteiger partial charge in [0.05, 0.1) is 13.7 Å². The molecule has 0 radical (unpaired) electrons. The van der Waals surface area contributed by atoms with E-state index < -0.39 is 23.4 Å². The van der Waals surface area contributed by atoms with Gasteiger partial charge in [0.1, 0.15) is 23.4 Å². The van der Waals surface area contributed by atoms with Gasteiger partial charge in [-0.25, -0.2) is 9.18 Å². The summed E-state index contributed by atoms with van der Waals surface area (Å²) >= 11 is 0. The summed E-state index contributed by atoms with van der Waals surface area (Å²) in [6.07, 6.45) is -1.57. The van der Waals surface area contributed by atoms with Crippen LogP contribution in [0.1, 0.15) is 31.1 Å². The minimum Gasteiger partial charge on any atom is -0.497 e. The molecule has 1 amide bonds. The zero-order valence-corrected chi connectivity index (χ0v) is 15.3. The number of primary amides is 1. The van der Waals surface area contributed by atoms with Gasteiger partial charge in [0.2, 0.25) is 0 Å². The fourth-order valence-corrected chi connectivity index (χ4v) is 3.27. The Kier molecular flexibility index (Phi) is 4.52. The van der Waals surface area contributed by atoms with Crippen molar-refractivity contribution in [3.63, 3.8) is 0 Å². The standard InChI is InChI=1S/C20H22FNO4/c1-11-7-12(24-4)5-6-13(11)14-9-17-15(8-16(14)21)18(26-19(22)23)20(2,3)10-25-17/h5-9,18H,10H2,1-4H3,(H2,22,23). The molecule has 0 bridgehead atoms. The molecule has 1 atom stereocenters. The Morgan fingerprint density at radius 3 is 2.62 bits per heavy atom. The molecule has 3 rings (SSSR count). The summed E-state index contributed by atoms with van der Waals surface area (Å²) in [7, 11) is 1.59. The minimum absolute atomic E-state index is 0.324. The van der Waals surface area contributed by atoms with Gasteiger partial charge in [-0.05, 0) is 42.3 Å². The van der Waals surface area contributed by atoms with Crippen molar-refractivity contribution in [1.82, 2.24) is 0 Å². The maximum absolute atomic E-state index is 14.9. The molecular formula is C20H22FNO4. The first-order valence-electron chi connectivity index (χ1n) is 8.30. The van der Waals surface area contributed by atoms with Crippen molar-refractivity contribution in [3.05, 3.63) is 47.3 Å². The molecule has 1 aliphatic rings. The lowest BCUT2D eigenvalue weighted by Crippen LogP contribution is -2.37. The second kappa shape index (κ2) is 6.52. The molecule has 0 saturated carbocycles. The number of halogens is 1. The van der Waals surface area contributed by atoms with E-state index in [1.165, 1.54) is 6.07 Å². The van der Waals surface area contributed by atoms with Crippen LogP contribution in [0, 0.1) is 18.2 Å². The lowest BCUT2D eigenvalue weighted by molar-refractivity contribution is -0.0178. The van der Waals surface area contributed by atoms with Crippen LogP contribution >= 0.6 is 0 Å². The normalized spacial score (nSPS) is 17.8. The minimum atomic E-state index is -0.897. The van der Waals surface area contributed by atoms with Crippen molar-refractivity contribution in [2.75, 3.05) is 13.7 Å². The Morgan fingerprint density at radius 1 is 1.27 bits per heavy atom. The van der Waals surface area contributed by atoms with E-state index in [4.69, 9.17) is 19.9 Å². The number of amides is 1. The van der Waals surface area contributed by atoms with Crippen LogP contribution in [0.3, 0.4) is 0 Å². The molecule has 6 heteroatoms. The number of hydrogen-bond acceptors (Lipinski definition) is 4. The largest absolute Gasteiger partial charge is 0.497 e. The molecule has 2 aromatic rings. The van der Waals surface area contributed by atoms with E-state index in [-0.39, 0.29) is 0 Å². The Labute approximate surface area is 151 Å². The maximum Gasteiger partial charge on any atom is 0.405 e. The van der Waals surface area contributed by atoms with E-state index in [0.717, 1.165) is 11.1 Å². The van der Waals surface area contributed by atoms with Gasteiger partial charge in [0.25, 0.3) is 0 Å². The van der Waals surface area contributed by atoms with Crippen LogP contribution in [0.4, 0.5) is 9.18 Å². The van der Waals surface area contributed by atoms with Gasteiger partial charge in [-0.1, -0.05) is 19.9 Å². The number of ether oxygens (including phenoxy) is 3. The van der Waals surface area contributed by atoms with Crippen molar-refractivity contribution in [3.8, 4) is 22.6 Å². The van der Waals surface area contributed by atoms with Crippen LogP contribution in [0.5, 0.6) is 11.5 Å². The molecule has 26 heavy (non-hydrogen) atoms. The van der Waals surface area contributed by atoms with Gasteiger partial charge in [-0.2, -0.15) is 0 Å². The smallest absolute Gasteiger partial charge is 0.405 e. The highest BCUT2D eigenvalue weighted by Crippen LogP contribution is 2.47. The molecule has 0 saturated heterocycles. The molecule has 0 fully saturated rings. The lowest BCUT2D eigenvalue weighted by Gasteiger charge is -2.38. The van der Waals surface area contributed by atoms with E-state index in [9.17, 15) is 9.18 Å². The summed E-state index contributed by atoms with van der Waals surface area (Å²) in [5.74, 6) is 0.774. The molecule has 0 spiro atoms. The first-order valence-corrected chi connectivity index (χ1v) is 8.30. The maximum atomic E-state index is 14.9. The lowest BCUT2D eigenvalue weighted by atomic mass is 9.80. The van der Waals surface area contributed by atoms with Crippen LogP contribution in [-0.4, -0.2) is 19.8 Å². The number of fused-ring (bicyclic) bond motifs is 1. The van der Waals surface area contributed by atoms with Crippen LogP contribution in [0.15, 0.2) is 30.3 Å². The molecule has 138 valence electrons. The third-order valence-corrected chi connectivity index (χ3v) is 4.65. The van der Waals surface area contributed by atoms with Crippen LogP contribution in [-0.2, 0) is 4.74 Å². The number of hydrogen-bond donors (Lipinski definition) is 1. The Hall–Kier alpha value is -2.76. The third kappa shape index (κ3) is 3.19. The monoisotopic (exact) mass is 359 g/mol. The molecule has 1 heterocycles. The molecular weight excluding hydrogens is 337 g/mol. The van der Waals surface area contributed by atoms with Crippen LogP contribution in [0.25, 0.3) is 11.1 Å². The van der Waals surface area contributed by atoms with E-state index in [1.54, 1.807) is 19.2 Å². The second-order valence-corrected chi connectivity index (χ2v) is 7.14. The zero-order valence-electron chi connectivity index (χ0n) is 15.3. The summed E-state index contributed by atoms with van der Waals surface area (Å²) in [5.41, 5.74) is 7.20. The van der Waals surface area contributed by atoms with Crippen molar-refractivity contribution in [2.45, 2.75) is 26.9 Å². The van der Waals surface area contributed by atoms with Crippen LogP contribution < -0.4 is 15.2 Å². The highest BCUT2D eigenvalue weighted by atomic mass is 19.1. The number of aryl methyl sites for hydroxylation is 1. The quantitative estimate of drug-likeness (QED) is 0.884. The Morgan fingerprint density at radius 2 is 2.00 bits per heavy atom. The molecule has 2 N–H and O–H groups in total. The molecule has 1 unspecified atom stereocenters. The van der Waals surface area contributed by atoms with E-state index >= 15 is 0 Å². The average Bonchev–Trinajstić information content (AvgIpc) is 2.57. The van der Waals surface area contributed by atoms with Crippen LogP contribution in [0.2, 0.25) is 0 Å². The highest BCUT2D eigenvalue weighted by molar-refractivity contribution is 5.71. The van der Waals surface area contributed by atoms with Gasteiger partial charge in [-0.3, -0.25) is 0 Å². The summed E-state index contributed by atoms with van der Waals surface area (Å²) in [5, 5.41) is 0. The number of carbonyl (C=O) groups excluding carboxylic acids is 1. The first-order chi connectivity index (χ1) is 12.2. The third-order valence-electron chi connectivity index (χ3n) is 4.65. The summed E-state index contributed by atoms with van der Waals surface area (Å²) in [6.45, 7) is 5.97. The van der Waals surface area contributed by atoms with Crippen molar-refractivity contribution < 1.29 is 23.4 Å².